The second-order valence-corrected chi connectivity index (χ2v) is 6.51. The van der Waals surface area contributed by atoms with Crippen molar-refractivity contribution in [2.75, 3.05) is 33.7 Å². The smallest absolute Gasteiger partial charge is 0.0564 e. The van der Waals surface area contributed by atoms with E-state index in [0.717, 1.165) is 19.5 Å². The quantitative estimate of drug-likeness (QED) is 0.885. The lowest BCUT2D eigenvalue weighted by Gasteiger charge is -2.27. The van der Waals surface area contributed by atoms with Crippen molar-refractivity contribution in [2.24, 2.45) is 5.73 Å². The van der Waals surface area contributed by atoms with Gasteiger partial charge < -0.3 is 10.6 Å². The maximum atomic E-state index is 6.01. The highest BCUT2D eigenvalue weighted by molar-refractivity contribution is 7.12. The zero-order chi connectivity index (χ0) is 13.1. The minimum atomic E-state index is 0.417. The number of hydrogen-bond donors (Lipinski definition) is 1. The van der Waals surface area contributed by atoms with E-state index in [0.29, 0.717) is 12.1 Å². The molecule has 2 unspecified atom stereocenters. The third-order valence-electron chi connectivity index (χ3n) is 3.95. The first-order valence-electron chi connectivity index (χ1n) is 6.84. The summed E-state index contributed by atoms with van der Waals surface area (Å²) >= 11 is 1.93. The van der Waals surface area contributed by atoms with Crippen molar-refractivity contribution < 1.29 is 0 Å². The lowest BCUT2D eigenvalue weighted by Crippen LogP contribution is -2.35. The van der Waals surface area contributed by atoms with E-state index < -0.39 is 0 Å². The first-order valence-corrected chi connectivity index (χ1v) is 7.66. The molecule has 2 N–H and O–H groups in total. The van der Waals surface area contributed by atoms with Crippen molar-refractivity contribution in [2.45, 2.75) is 31.8 Å². The number of aryl methyl sites for hydroxylation is 1. The average molecular weight is 267 g/mol. The van der Waals surface area contributed by atoms with Crippen molar-refractivity contribution in [3.63, 3.8) is 0 Å². The van der Waals surface area contributed by atoms with Gasteiger partial charge in [-0.25, -0.2) is 0 Å². The average Bonchev–Trinajstić information content (AvgIpc) is 2.99. The van der Waals surface area contributed by atoms with Gasteiger partial charge in [0.15, 0.2) is 0 Å². The molecule has 18 heavy (non-hydrogen) atoms. The maximum Gasteiger partial charge on any atom is 0.0564 e. The van der Waals surface area contributed by atoms with Crippen LogP contribution in [0.4, 0.5) is 0 Å². The molecule has 2 rings (SSSR count). The number of thiophene rings is 1. The molecule has 0 radical (unpaired) electrons. The summed E-state index contributed by atoms with van der Waals surface area (Å²) in [6.45, 7) is 5.26. The van der Waals surface area contributed by atoms with E-state index in [-0.39, 0.29) is 0 Å². The first-order chi connectivity index (χ1) is 8.65. The number of nitrogens with two attached hydrogens (primary N) is 1. The van der Waals surface area contributed by atoms with Crippen LogP contribution in [0.1, 0.15) is 29.1 Å². The summed E-state index contributed by atoms with van der Waals surface area (Å²) in [7, 11) is 4.35. The second kappa shape index (κ2) is 6.15. The van der Waals surface area contributed by atoms with Crippen LogP contribution in [0.25, 0.3) is 0 Å². The number of likely N-dealkylation sites (tertiary alicyclic amines) is 1. The number of likely N-dealkylation sites (N-methyl/N-ethyl adjacent to an activating group) is 1. The SMILES string of the molecule is CCc1ccc(C(CN)N2CCC(N(C)C)C2)s1. The third-order valence-corrected chi connectivity index (χ3v) is 5.28. The monoisotopic (exact) mass is 267 g/mol. The zero-order valence-electron chi connectivity index (χ0n) is 11.7. The summed E-state index contributed by atoms with van der Waals surface area (Å²) in [6, 6.07) is 5.62. The Morgan fingerprint density at radius 1 is 1.50 bits per heavy atom. The van der Waals surface area contributed by atoms with E-state index >= 15 is 0 Å². The van der Waals surface area contributed by atoms with Crippen LogP contribution in [0, 0.1) is 0 Å². The predicted octanol–water partition coefficient (Wildman–Crippen LogP) is 1.95. The molecule has 4 heteroatoms. The van der Waals surface area contributed by atoms with Crippen LogP contribution in [0.2, 0.25) is 0 Å². The molecule has 1 saturated heterocycles. The summed E-state index contributed by atoms with van der Waals surface area (Å²) in [5.41, 5.74) is 6.01. The lowest BCUT2D eigenvalue weighted by atomic mass is 10.2. The van der Waals surface area contributed by atoms with Crippen molar-refractivity contribution >= 4 is 11.3 Å². The summed E-state index contributed by atoms with van der Waals surface area (Å²) in [6.07, 6.45) is 2.39. The van der Waals surface area contributed by atoms with Gasteiger partial charge in [-0.2, -0.15) is 0 Å². The highest BCUT2D eigenvalue weighted by Gasteiger charge is 2.29. The van der Waals surface area contributed by atoms with Crippen LogP contribution in [0.5, 0.6) is 0 Å². The lowest BCUT2D eigenvalue weighted by molar-refractivity contribution is 0.223. The highest BCUT2D eigenvalue weighted by atomic mass is 32.1. The van der Waals surface area contributed by atoms with Gasteiger partial charge >= 0.3 is 0 Å². The molecule has 0 saturated carbocycles. The molecular weight excluding hydrogens is 242 g/mol. The van der Waals surface area contributed by atoms with E-state index in [9.17, 15) is 0 Å². The first kappa shape index (κ1) is 14.0. The van der Waals surface area contributed by atoms with Crippen LogP contribution in [0.3, 0.4) is 0 Å². The molecule has 102 valence electrons. The Labute approximate surface area is 115 Å². The zero-order valence-corrected chi connectivity index (χ0v) is 12.5. The van der Waals surface area contributed by atoms with Gasteiger partial charge in [0.2, 0.25) is 0 Å². The molecule has 1 aromatic rings. The highest BCUT2D eigenvalue weighted by Crippen LogP contribution is 2.30. The number of nitrogens with zero attached hydrogens (tertiary/aromatic N) is 2. The molecule has 0 spiro atoms. The second-order valence-electron chi connectivity index (χ2n) is 5.31. The van der Waals surface area contributed by atoms with E-state index in [4.69, 9.17) is 5.73 Å². The Morgan fingerprint density at radius 2 is 2.28 bits per heavy atom. The fraction of sp³-hybridized carbons (Fsp3) is 0.714. The van der Waals surface area contributed by atoms with Gasteiger partial charge in [0.05, 0.1) is 6.04 Å². The van der Waals surface area contributed by atoms with Gasteiger partial charge in [0.25, 0.3) is 0 Å². The minimum absolute atomic E-state index is 0.417. The largest absolute Gasteiger partial charge is 0.329 e. The molecule has 0 bridgehead atoms. The van der Waals surface area contributed by atoms with Crippen molar-refractivity contribution in [3.05, 3.63) is 21.9 Å². The van der Waals surface area contributed by atoms with Crippen LogP contribution in [0.15, 0.2) is 12.1 Å². The normalized spacial score (nSPS) is 22.8. The number of hydrogen-bond acceptors (Lipinski definition) is 4. The van der Waals surface area contributed by atoms with Crippen LogP contribution < -0.4 is 5.73 Å². The summed E-state index contributed by atoms with van der Waals surface area (Å²) in [5, 5.41) is 0. The fourth-order valence-electron chi connectivity index (χ4n) is 2.68. The molecule has 2 atom stereocenters. The Kier molecular flexibility index (Phi) is 4.78. The topological polar surface area (TPSA) is 32.5 Å². The third kappa shape index (κ3) is 2.94. The fourth-order valence-corrected chi connectivity index (χ4v) is 3.78. The van der Waals surface area contributed by atoms with Gasteiger partial charge in [-0.3, -0.25) is 4.90 Å². The molecular formula is C14H25N3S. The Balaban J connectivity index is 2.05. The minimum Gasteiger partial charge on any atom is -0.329 e. The molecule has 1 aromatic heterocycles. The standard InChI is InChI=1S/C14H25N3S/c1-4-12-5-6-14(18-12)13(9-15)17-8-7-11(10-17)16(2)3/h5-6,11,13H,4,7-10,15H2,1-3H3. The Hall–Kier alpha value is -0.420. The van der Waals surface area contributed by atoms with Crippen LogP contribution in [-0.2, 0) is 6.42 Å². The molecule has 1 aliphatic heterocycles. The van der Waals surface area contributed by atoms with E-state index in [1.165, 1.54) is 22.7 Å². The van der Waals surface area contributed by atoms with Crippen LogP contribution in [-0.4, -0.2) is 49.6 Å². The van der Waals surface area contributed by atoms with Gasteiger partial charge in [0, 0.05) is 35.4 Å². The molecule has 0 aromatic carbocycles. The molecule has 0 aliphatic carbocycles. The van der Waals surface area contributed by atoms with Crippen molar-refractivity contribution in [1.82, 2.24) is 9.80 Å². The van der Waals surface area contributed by atoms with E-state index in [1.807, 2.05) is 11.3 Å². The van der Waals surface area contributed by atoms with Crippen LogP contribution >= 0.6 is 11.3 Å². The van der Waals surface area contributed by atoms with Crippen molar-refractivity contribution in [1.29, 1.82) is 0 Å². The van der Waals surface area contributed by atoms with Gasteiger partial charge in [-0.15, -0.1) is 11.3 Å². The van der Waals surface area contributed by atoms with Gasteiger partial charge in [-0.05, 0) is 39.1 Å². The Morgan fingerprint density at radius 3 is 2.78 bits per heavy atom. The molecule has 0 amide bonds. The summed E-state index contributed by atoms with van der Waals surface area (Å²) < 4.78 is 0. The van der Waals surface area contributed by atoms with E-state index in [2.05, 4.69) is 43.0 Å². The maximum absolute atomic E-state index is 6.01. The molecule has 1 fully saturated rings. The summed E-state index contributed by atoms with van der Waals surface area (Å²) in [4.78, 5) is 7.79. The van der Waals surface area contributed by atoms with Crippen molar-refractivity contribution in [3.8, 4) is 0 Å². The molecule has 2 heterocycles. The Bertz CT molecular complexity index is 375. The number of rotatable bonds is 5. The van der Waals surface area contributed by atoms with Gasteiger partial charge in [0.1, 0.15) is 0 Å². The summed E-state index contributed by atoms with van der Waals surface area (Å²) in [5.74, 6) is 0. The molecule has 3 nitrogen and oxygen atoms in total. The molecule has 1 aliphatic rings. The van der Waals surface area contributed by atoms with Gasteiger partial charge in [-0.1, -0.05) is 6.92 Å². The predicted molar refractivity (Wildman–Crippen MR) is 79.2 cm³/mol. The van der Waals surface area contributed by atoms with E-state index in [1.54, 1.807) is 0 Å².